The average molecular weight is 393 g/mol. The molecule has 7 nitrogen and oxygen atoms in total. The SMILES string of the molecule is CC1CC[NH+](CC(=O)Nc2cccc(S(=O)(=O)NCc3ccco3)c2)CC1. The highest BCUT2D eigenvalue weighted by Gasteiger charge is 2.21. The molecule has 0 aliphatic carbocycles. The van der Waals surface area contributed by atoms with Crippen LogP contribution in [0.1, 0.15) is 25.5 Å². The zero-order valence-corrected chi connectivity index (χ0v) is 16.2. The van der Waals surface area contributed by atoms with Crippen LogP contribution >= 0.6 is 0 Å². The fourth-order valence-corrected chi connectivity index (χ4v) is 4.22. The van der Waals surface area contributed by atoms with E-state index in [1.807, 2.05) is 0 Å². The van der Waals surface area contributed by atoms with Gasteiger partial charge in [-0.1, -0.05) is 13.0 Å². The molecular weight excluding hydrogens is 366 g/mol. The molecule has 1 saturated heterocycles. The summed E-state index contributed by atoms with van der Waals surface area (Å²) in [6, 6.07) is 9.67. The molecule has 27 heavy (non-hydrogen) atoms. The number of nitrogens with one attached hydrogen (secondary N) is 3. The van der Waals surface area contributed by atoms with Gasteiger partial charge in [-0.3, -0.25) is 4.79 Å². The summed E-state index contributed by atoms with van der Waals surface area (Å²) < 4.78 is 32.5. The summed E-state index contributed by atoms with van der Waals surface area (Å²) in [6.07, 6.45) is 3.76. The average Bonchev–Trinajstić information content (AvgIpc) is 3.16. The fourth-order valence-electron chi connectivity index (χ4n) is 3.18. The maximum Gasteiger partial charge on any atom is 0.279 e. The number of amides is 1. The van der Waals surface area contributed by atoms with E-state index in [1.54, 1.807) is 24.3 Å². The number of hydrogen-bond donors (Lipinski definition) is 3. The van der Waals surface area contributed by atoms with Crippen LogP contribution in [0.4, 0.5) is 5.69 Å². The summed E-state index contributed by atoms with van der Waals surface area (Å²) >= 11 is 0. The molecular formula is C19H26N3O4S+. The summed E-state index contributed by atoms with van der Waals surface area (Å²) in [6.45, 7) is 4.71. The quantitative estimate of drug-likeness (QED) is 0.656. The van der Waals surface area contributed by atoms with Gasteiger partial charge in [-0.25, -0.2) is 13.1 Å². The third-order valence-corrected chi connectivity index (χ3v) is 6.24. The lowest BCUT2D eigenvalue weighted by Crippen LogP contribution is -3.14. The van der Waals surface area contributed by atoms with Crippen LogP contribution in [0.3, 0.4) is 0 Å². The summed E-state index contributed by atoms with van der Waals surface area (Å²) in [5.41, 5.74) is 0.477. The Morgan fingerprint density at radius 2 is 2.00 bits per heavy atom. The number of carbonyl (C=O) groups is 1. The zero-order chi connectivity index (χ0) is 19.3. The lowest BCUT2D eigenvalue weighted by molar-refractivity contribution is -0.897. The highest BCUT2D eigenvalue weighted by Crippen LogP contribution is 2.16. The van der Waals surface area contributed by atoms with E-state index >= 15 is 0 Å². The molecule has 1 aliphatic heterocycles. The van der Waals surface area contributed by atoms with Gasteiger partial charge in [0.2, 0.25) is 10.0 Å². The van der Waals surface area contributed by atoms with Crippen molar-refractivity contribution in [1.82, 2.24) is 4.72 Å². The molecule has 2 heterocycles. The third kappa shape index (κ3) is 5.66. The van der Waals surface area contributed by atoms with Crippen LogP contribution < -0.4 is 14.9 Å². The third-order valence-electron chi connectivity index (χ3n) is 4.84. The number of rotatable bonds is 7. The van der Waals surface area contributed by atoms with Crippen LogP contribution in [0, 0.1) is 5.92 Å². The molecule has 1 amide bonds. The van der Waals surface area contributed by atoms with Crippen LogP contribution in [0.15, 0.2) is 52.0 Å². The maximum absolute atomic E-state index is 12.4. The molecule has 1 aliphatic rings. The van der Waals surface area contributed by atoms with E-state index in [2.05, 4.69) is 17.0 Å². The molecule has 1 aromatic heterocycles. The van der Waals surface area contributed by atoms with Gasteiger partial charge in [-0.15, -0.1) is 0 Å². The summed E-state index contributed by atoms with van der Waals surface area (Å²) in [4.78, 5) is 13.7. The predicted octanol–water partition coefficient (Wildman–Crippen LogP) is 1.01. The molecule has 8 heteroatoms. The first-order chi connectivity index (χ1) is 12.9. The number of anilines is 1. The Balaban J connectivity index is 1.58. The maximum atomic E-state index is 12.4. The van der Waals surface area contributed by atoms with E-state index in [9.17, 15) is 13.2 Å². The van der Waals surface area contributed by atoms with Gasteiger partial charge in [-0.05, 0) is 49.1 Å². The van der Waals surface area contributed by atoms with Gasteiger partial charge in [0, 0.05) is 5.69 Å². The lowest BCUT2D eigenvalue weighted by atomic mass is 9.99. The van der Waals surface area contributed by atoms with Crippen molar-refractivity contribution >= 4 is 21.6 Å². The first kappa shape index (κ1) is 19.6. The summed E-state index contributed by atoms with van der Waals surface area (Å²) in [5.74, 6) is 1.16. The van der Waals surface area contributed by atoms with E-state index in [0.717, 1.165) is 31.8 Å². The zero-order valence-electron chi connectivity index (χ0n) is 15.4. The molecule has 3 N–H and O–H groups in total. The van der Waals surface area contributed by atoms with E-state index in [-0.39, 0.29) is 17.3 Å². The Labute approximate surface area is 159 Å². The van der Waals surface area contributed by atoms with Crippen molar-refractivity contribution in [3.8, 4) is 0 Å². The number of piperidine rings is 1. The first-order valence-corrected chi connectivity index (χ1v) is 10.7. The van der Waals surface area contributed by atoms with E-state index in [4.69, 9.17) is 4.42 Å². The molecule has 0 atom stereocenters. The van der Waals surface area contributed by atoms with Gasteiger partial charge in [0.25, 0.3) is 5.91 Å². The monoisotopic (exact) mass is 392 g/mol. The van der Waals surface area contributed by atoms with Crippen molar-refractivity contribution in [2.45, 2.75) is 31.2 Å². The Morgan fingerprint density at radius 1 is 1.22 bits per heavy atom. The van der Waals surface area contributed by atoms with Gasteiger partial charge in [0.1, 0.15) is 5.76 Å². The smallest absolute Gasteiger partial charge is 0.279 e. The lowest BCUT2D eigenvalue weighted by Gasteiger charge is -2.26. The van der Waals surface area contributed by atoms with Crippen LogP contribution in [-0.2, 0) is 21.4 Å². The van der Waals surface area contributed by atoms with Crippen molar-refractivity contribution in [3.63, 3.8) is 0 Å². The molecule has 146 valence electrons. The minimum atomic E-state index is -3.69. The van der Waals surface area contributed by atoms with Gasteiger partial charge < -0.3 is 14.6 Å². The summed E-state index contributed by atoms with van der Waals surface area (Å²) in [5, 5.41) is 2.81. The van der Waals surface area contributed by atoms with Crippen molar-refractivity contribution in [3.05, 3.63) is 48.4 Å². The fraction of sp³-hybridized carbons (Fsp3) is 0.421. The van der Waals surface area contributed by atoms with Crippen molar-refractivity contribution < 1.29 is 22.5 Å². The van der Waals surface area contributed by atoms with Crippen LogP contribution in [0.2, 0.25) is 0 Å². The topological polar surface area (TPSA) is 92.9 Å². The molecule has 0 unspecified atom stereocenters. The minimum absolute atomic E-state index is 0.0721. The normalized spacial score (nSPS) is 20.3. The molecule has 2 aromatic rings. The molecule has 1 aromatic carbocycles. The highest BCUT2D eigenvalue weighted by atomic mass is 32.2. The van der Waals surface area contributed by atoms with Crippen molar-refractivity contribution in [2.24, 2.45) is 5.92 Å². The van der Waals surface area contributed by atoms with Crippen molar-refractivity contribution in [1.29, 1.82) is 0 Å². The standard InChI is InChI=1S/C19H25N3O4S/c1-15-7-9-22(10-8-15)14-19(23)21-16-4-2-6-18(12-16)27(24,25)20-13-17-5-3-11-26-17/h2-6,11-12,15,20H,7-10,13-14H2,1H3,(H,21,23)/p+1. The van der Waals surface area contributed by atoms with Crippen LogP contribution in [0.25, 0.3) is 0 Å². The Bertz CT molecular complexity index is 857. The second kappa shape index (κ2) is 8.69. The molecule has 3 rings (SSSR count). The second-order valence-electron chi connectivity index (χ2n) is 7.09. The molecule has 0 bridgehead atoms. The number of quaternary nitrogens is 1. The summed E-state index contributed by atoms with van der Waals surface area (Å²) in [7, 11) is -3.69. The number of furan rings is 1. The molecule has 0 radical (unpaired) electrons. The van der Waals surface area contributed by atoms with Gasteiger partial charge in [0.05, 0.1) is 30.8 Å². The minimum Gasteiger partial charge on any atom is -0.468 e. The number of likely N-dealkylation sites (tertiary alicyclic amines) is 1. The van der Waals surface area contributed by atoms with Crippen molar-refractivity contribution in [2.75, 3.05) is 25.0 Å². The second-order valence-corrected chi connectivity index (χ2v) is 8.86. The number of sulfonamides is 1. The highest BCUT2D eigenvalue weighted by molar-refractivity contribution is 7.89. The number of carbonyl (C=O) groups excluding carboxylic acids is 1. The van der Waals surface area contributed by atoms with Gasteiger partial charge in [0.15, 0.2) is 6.54 Å². The van der Waals surface area contributed by atoms with E-state index < -0.39 is 10.0 Å². The molecule has 1 fully saturated rings. The Kier molecular flexibility index (Phi) is 6.30. The number of benzene rings is 1. The van der Waals surface area contributed by atoms with E-state index in [1.165, 1.54) is 23.3 Å². The molecule has 0 spiro atoms. The first-order valence-electron chi connectivity index (χ1n) is 9.18. The Morgan fingerprint density at radius 3 is 2.70 bits per heavy atom. The predicted molar refractivity (Wildman–Crippen MR) is 102 cm³/mol. The molecule has 0 saturated carbocycles. The van der Waals surface area contributed by atoms with Gasteiger partial charge in [-0.2, -0.15) is 0 Å². The van der Waals surface area contributed by atoms with Crippen LogP contribution in [-0.4, -0.2) is 34.0 Å². The Hall–Kier alpha value is -2.16. The van der Waals surface area contributed by atoms with E-state index in [0.29, 0.717) is 18.0 Å². The van der Waals surface area contributed by atoms with Crippen LogP contribution in [0.5, 0.6) is 0 Å². The number of hydrogen-bond acceptors (Lipinski definition) is 4. The van der Waals surface area contributed by atoms with Gasteiger partial charge >= 0.3 is 0 Å². The largest absolute Gasteiger partial charge is 0.468 e.